The van der Waals surface area contributed by atoms with Gasteiger partial charge < -0.3 is 5.32 Å². The smallest absolute Gasteiger partial charge is 0.235 e. The molecule has 6 heteroatoms. The van der Waals surface area contributed by atoms with Crippen LogP contribution in [-0.4, -0.2) is 42.4 Å². The Balaban J connectivity index is 1.61. The molecule has 1 aromatic carbocycles. The maximum Gasteiger partial charge on any atom is 0.235 e. The second kappa shape index (κ2) is 7.77. The van der Waals surface area contributed by atoms with E-state index in [1.54, 1.807) is 0 Å². The molecule has 0 radical (unpaired) electrons. The Morgan fingerprint density at radius 2 is 2.21 bits per heavy atom. The number of likely N-dealkylation sites (tertiary alicyclic amines) is 1. The molecule has 3 N–H and O–H groups in total. The third kappa shape index (κ3) is 3.94. The summed E-state index contributed by atoms with van der Waals surface area (Å²) in [6.45, 7) is 4.50. The van der Waals surface area contributed by atoms with Crippen molar-refractivity contribution in [2.24, 2.45) is 5.92 Å². The van der Waals surface area contributed by atoms with Crippen LogP contribution in [0.1, 0.15) is 31.7 Å². The van der Waals surface area contributed by atoms with Crippen LogP contribution in [0.25, 0.3) is 0 Å². The van der Waals surface area contributed by atoms with Gasteiger partial charge in [0.25, 0.3) is 0 Å². The molecule has 2 unspecified atom stereocenters. The van der Waals surface area contributed by atoms with Gasteiger partial charge in [-0.25, -0.2) is 5.43 Å². The summed E-state index contributed by atoms with van der Waals surface area (Å²) in [6.07, 6.45) is 3.30. The third-order valence-electron chi connectivity index (χ3n) is 4.98. The summed E-state index contributed by atoms with van der Waals surface area (Å²) < 4.78 is 0. The van der Waals surface area contributed by atoms with Gasteiger partial charge in [0.05, 0.1) is 5.92 Å². The molecule has 0 aliphatic carbocycles. The van der Waals surface area contributed by atoms with E-state index in [9.17, 15) is 9.59 Å². The highest BCUT2D eigenvalue weighted by Crippen LogP contribution is 2.23. The van der Waals surface area contributed by atoms with Gasteiger partial charge in [0.2, 0.25) is 11.8 Å². The average molecular weight is 330 g/mol. The van der Waals surface area contributed by atoms with Gasteiger partial charge in [-0.05, 0) is 37.4 Å². The number of para-hydroxylation sites is 1. The molecule has 2 saturated heterocycles. The number of carbonyl (C=O) groups is 2. The number of hydrazine groups is 1. The summed E-state index contributed by atoms with van der Waals surface area (Å²) in [5, 5.41) is 3.10. The molecule has 2 aliphatic heterocycles. The van der Waals surface area contributed by atoms with Crippen LogP contribution in [0.2, 0.25) is 0 Å². The Hall–Kier alpha value is -1.92. The zero-order chi connectivity index (χ0) is 16.9. The van der Waals surface area contributed by atoms with E-state index in [0.29, 0.717) is 6.42 Å². The molecule has 24 heavy (non-hydrogen) atoms. The minimum absolute atomic E-state index is 0.0198. The van der Waals surface area contributed by atoms with E-state index < -0.39 is 0 Å². The molecule has 130 valence electrons. The number of piperidine rings is 1. The Bertz CT molecular complexity index is 604. The first-order valence-electron chi connectivity index (χ1n) is 8.82. The van der Waals surface area contributed by atoms with Crippen LogP contribution in [0.5, 0.6) is 0 Å². The lowest BCUT2D eigenvalue weighted by Crippen LogP contribution is -2.57. The quantitative estimate of drug-likeness (QED) is 0.778. The van der Waals surface area contributed by atoms with Crippen LogP contribution < -0.4 is 16.2 Å². The Kier molecular flexibility index (Phi) is 5.48. The molecule has 2 fully saturated rings. The standard InChI is InChI=1S/C18H26N4O2/c1-2-13-6-3-4-8-16(13)20-18(24)14-7-5-9-22(12-14)15-10-17(23)21-19-11-15/h3-4,6,8,14-15,19H,2,5,7,9-12H2,1H3,(H,20,24)(H,21,23). The highest BCUT2D eigenvalue weighted by molar-refractivity contribution is 5.93. The molecule has 1 aromatic rings. The number of anilines is 1. The van der Waals surface area contributed by atoms with Crippen molar-refractivity contribution in [3.63, 3.8) is 0 Å². The molecule has 2 amide bonds. The Morgan fingerprint density at radius 1 is 1.38 bits per heavy atom. The second-order valence-electron chi connectivity index (χ2n) is 6.62. The topological polar surface area (TPSA) is 73.5 Å². The summed E-state index contributed by atoms with van der Waals surface area (Å²) in [5.41, 5.74) is 7.65. The van der Waals surface area contributed by atoms with Gasteiger partial charge >= 0.3 is 0 Å². The fraction of sp³-hybridized carbons (Fsp3) is 0.556. The van der Waals surface area contributed by atoms with Crippen molar-refractivity contribution >= 4 is 17.5 Å². The fourth-order valence-electron chi connectivity index (χ4n) is 3.60. The maximum atomic E-state index is 12.7. The third-order valence-corrected chi connectivity index (χ3v) is 4.98. The van der Waals surface area contributed by atoms with Crippen molar-refractivity contribution in [1.82, 2.24) is 15.8 Å². The van der Waals surface area contributed by atoms with Gasteiger partial charge in [0, 0.05) is 31.2 Å². The molecular formula is C18H26N4O2. The fourth-order valence-corrected chi connectivity index (χ4v) is 3.60. The molecule has 6 nitrogen and oxygen atoms in total. The molecule has 2 heterocycles. The van der Waals surface area contributed by atoms with E-state index in [-0.39, 0.29) is 23.8 Å². The van der Waals surface area contributed by atoms with Gasteiger partial charge in [0.15, 0.2) is 0 Å². The van der Waals surface area contributed by atoms with E-state index in [2.05, 4.69) is 34.1 Å². The molecule has 0 saturated carbocycles. The number of hydrogen-bond acceptors (Lipinski definition) is 4. The van der Waals surface area contributed by atoms with E-state index in [0.717, 1.165) is 50.1 Å². The van der Waals surface area contributed by atoms with Crippen LogP contribution in [0.4, 0.5) is 5.69 Å². The first-order valence-corrected chi connectivity index (χ1v) is 8.82. The van der Waals surface area contributed by atoms with Crippen LogP contribution in [-0.2, 0) is 16.0 Å². The van der Waals surface area contributed by atoms with Crippen LogP contribution in [0.3, 0.4) is 0 Å². The van der Waals surface area contributed by atoms with E-state index in [1.807, 2.05) is 18.2 Å². The molecule has 2 aliphatic rings. The summed E-state index contributed by atoms with van der Waals surface area (Å²) in [6, 6.07) is 8.14. The number of benzene rings is 1. The summed E-state index contributed by atoms with van der Waals surface area (Å²) in [7, 11) is 0. The van der Waals surface area contributed by atoms with Gasteiger partial charge in [0.1, 0.15) is 0 Å². The number of carbonyl (C=O) groups excluding carboxylic acids is 2. The summed E-state index contributed by atoms with van der Waals surface area (Å²) in [5.74, 6) is 0.0946. The molecular weight excluding hydrogens is 304 g/mol. The number of nitrogens with one attached hydrogen (secondary N) is 3. The number of hydrogen-bond donors (Lipinski definition) is 3. The van der Waals surface area contributed by atoms with Crippen molar-refractivity contribution in [2.45, 2.75) is 38.6 Å². The molecule has 0 aromatic heterocycles. The zero-order valence-electron chi connectivity index (χ0n) is 14.2. The number of rotatable bonds is 4. The van der Waals surface area contributed by atoms with Crippen molar-refractivity contribution < 1.29 is 9.59 Å². The Morgan fingerprint density at radius 3 is 3.00 bits per heavy atom. The minimum atomic E-state index is -0.0198. The number of amides is 2. The first-order chi connectivity index (χ1) is 11.7. The summed E-state index contributed by atoms with van der Waals surface area (Å²) in [4.78, 5) is 26.5. The van der Waals surface area contributed by atoms with Gasteiger partial charge in [-0.1, -0.05) is 25.1 Å². The van der Waals surface area contributed by atoms with E-state index >= 15 is 0 Å². The van der Waals surface area contributed by atoms with Crippen molar-refractivity contribution in [3.8, 4) is 0 Å². The first kappa shape index (κ1) is 16.9. The van der Waals surface area contributed by atoms with Gasteiger partial charge in [-0.15, -0.1) is 0 Å². The van der Waals surface area contributed by atoms with E-state index in [1.165, 1.54) is 0 Å². The van der Waals surface area contributed by atoms with Crippen molar-refractivity contribution in [2.75, 3.05) is 25.0 Å². The lowest BCUT2D eigenvalue weighted by atomic mass is 9.94. The highest BCUT2D eigenvalue weighted by Gasteiger charge is 2.32. The van der Waals surface area contributed by atoms with Gasteiger partial charge in [-0.2, -0.15) is 0 Å². The van der Waals surface area contributed by atoms with Crippen LogP contribution in [0.15, 0.2) is 24.3 Å². The number of aryl methyl sites for hydroxylation is 1. The Labute approximate surface area is 143 Å². The van der Waals surface area contributed by atoms with Crippen molar-refractivity contribution in [3.05, 3.63) is 29.8 Å². The predicted octanol–water partition coefficient (Wildman–Crippen LogP) is 1.29. The highest BCUT2D eigenvalue weighted by atomic mass is 16.2. The molecule has 0 bridgehead atoms. The van der Waals surface area contributed by atoms with Gasteiger partial charge in [-0.3, -0.25) is 19.9 Å². The lowest BCUT2D eigenvalue weighted by molar-refractivity contribution is -0.126. The zero-order valence-corrected chi connectivity index (χ0v) is 14.2. The largest absolute Gasteiger partial charge is 0.326 e. The van der Waals surface area contributed by atoms with E-state index in [4.69, 9.17) is 0 Å². The molecule has 3 rings (SSSR count). The summed E-state index contributed by atoms with van der Waals surface area (Å²) >= 11 is 0. The maximum absolute atomic E-state index is 12.7. The van der Waals surface area contributed by atoms with Crippen LogP contribution in [0, 0.1) is 5.92 Å². The monoisotopic (exact) mass is 330 g/mol. The lowest BCUT2D eigenvalue weighted by Gasteiger charge is -2.39. The minimum Gasteiger partial charge on any atom is -0.326 e. The average Bonchev–Trinajstić information content (AvgIpc) is 2.62. The molecule has 2 atom stereocenters. The van der Waals surface area contributed by atoms with Crippen LogP contribution >= 0.6 is 0 Å². The SMILES string of the molecule is CCc1ccccc1NC(=O)C1CCCN(C2CNNC(=O)C2)C1. The normalized spacial score (nSPS) is 25.1. The molecule has 0 spiro atoms. The predicted molar refractivity (Wildman–Crippen MR) is 93.3 cm³/mol. The number of nitrogens with zero attached hydrogens (tertiary/aromatic N) is 1. The van der Waals surface area contributed by atoms with Crippen molar-refractivity contribution in [1.29, 1.82) is 0 Å². The second-order valence-corrected chi connectivity index (χ2v) is 6.62.